The highest BCUT2D eigenvalue weighted by molar-refractivity contribution is 6.09. The summed E-state index contributed by atoms with van der Waals surface area (Å²) in [6.07, 6.45) is 4.70. The molecule has 4 aromatic rings. The number of hydrogen-bond donors (Lipinski definition) is 4. The Bertz CT molecular complexity index is 1630. The van der Waals surface area contributed by atoms with Crippen molar-refractivity contribution in [3.63, 3.8) is 0 Å². The average Bonchev–Trinajstić information content (AvgIpc) is 3.35. The number of hydrogen-bond acceptors (Lipinski definition) is 7. The van der Waals surface area contributed by atoms with Gasteiger partial charge in [-0.15, -0.1) is 0 Å². The summed E-state index contributed by atoms with van der Waals surface area (Å²) >= 11 is 0. The molecule has 3 aromatic heterocycles. The molecule has 0 unspecified atom stereocenters. The first-order valence-corrected chi connectivity index (χ1v) is 10.8. The summed E-state index contributed by atoms with van der Waals surface area (Å²) in [6.45, 7) is -0.171. The maximum Gasteiger partial charge on any atom is 0.323 e. The number of nitrogens with zero attached hydrogens (tertiary/aromatic N) is 3. The lowest BCUT2D eigenvalue weighted by Gasteiger charge is -2.20. The van der Waals surface area contributed by atoms with Gasteiger partial charge in [0.15, 0.2) is 5.88 Å². The van der Waals surface area contributed by atoms with E-state index >= 15 is 0 Å². The van der Waals surface area contributed by atoms with Gasteiger partial charge in [-0.05, 0) is 30.3 Å². The van der Waals surface area contributed by atoms with Gasteiger partial charge < -0.3 is 25.0 Å². The van der Waals surface area contributed by atoms with Gasteiger partial charge in [0, 0.05) is 41.8 Å². The molecular formula is C25H20N6O5. The third-order valence-corrected chi connectivity index (χ3v) is 5.89. The van der Waals surface area contributed by atoms with Gasteiger partial charge in [0.1, 0.15) is 11.4 Å². The van der Waals surface area contributed by atoms with Crippen molar-refractivity contribution in [1.82, 2.24) is 30.5 Å². The SMILES string of the molecule is CNC(=O)c1ccc2cncc(C#C[C@]3(Cn4cc5ccc(OC)cc5c4O)NC(=O)NC3=O)c2n1. The molecule has 11 nitrogen and oxygen atoms in total. The van der Waals surface area contributed by atoms with E-state index in [0.29, 0.717) is 33.0 Å². The molecule has 4 amide bonds. The van der Waals surface area contributed by atoms with Crippen molar-refractivity contribution in [2.45, 2.75) is 12.1 Å². The lowest BCUT2D eigenvalue weighted by Crippen LogP contribution is -2.49. The van der Waals surface area contributed by atoms with Gasteiger partial charge >= 0.3 is 6.03 Å². The molecule has 1 aliphatic heterocycles. The number of ether oxygens (including phenoxy) is 1. The van der Waals surface area contributed by atoms with E-state index in [9.17, 15) is 19.5 Å². The fraction of sp³-hybridized carbons (Fsp3) is 0.160. The van der Waals surface area contributed by atoms with Crippen LogP contribution in [0, 0.1) is 11.8 Å². The van der Waals surface area contributed by atoms with E-state index in [2.05, 4.69) is 37.8 Å². The Morgan fingerprint density at radius 1 is 1.22 bits per heavy atom. The third kappa shape index (κ3) is 3.80. The maximum atomic E-state index is 12.9. The molecule has 180 valence electrons. The molecule has 0 bridgehead atoms. The molecule has 1 saturated heterocycles. The number of carbonyl (C=O) groups is 3. The molecule has 0 saturated carbocycles. The molecule has 4 heterocycles. The maximum absolute atomic E-state index is 12.9. The minimum absolute atomic E-state index is 0.109. The third-order valence-electron chi connectivity index (χ3n) is 5.89. The normalized spacial score (nSPS) is 16.8. The van der Waals surface area contributed by atoms with Crippen LogP contribution in [0.1, 0.15) is 16.1 Å². The number of nitrogens with one attached hydrogen (secondary N) is 3. The predicted octanol–water partition coefficient (Wildman–Crippen LogP) is 1.29. The van der Waals surface area contributed by atoms with Crippen molar-refractivity contribution in [3.8, 4) is 23.5 Å². The van der Waals surface area contributed by atoms with Crippen LogP contribution in [0.25, 0.3) is 21.7 Å². The van der Waals surface area contributed by atoms with Crippen LogP contribution < -0.4 is 20.7 Å². The number of fused-ring (bicyclic) bond motifs is 2. The lowest BCUT2D eigenvalue weighted by molar-refractivity contribution is -0.122. The Balaban J connectivity index is 1.60. The Hall–Kier alpha value is -5.11. The summed E-state index contributed by atoms with van der Waals surface area (Å²) in [5, 5.41) is 20.0. The van der Waals surface area contributed by atoms with Gasteiger partial charge in [-0.25, -0.2) is 9.78 Å². The lowest BCUT2D eigenvalue weighted by atomic mass is 9.99. The van der Waals surface area contributed by atoms with Gasteiger partial charge in [-0.1, -0.05) is 11.8 Å². The molecule has 0 radical (unpaired) electrons. The van der Waals surface area contributed by atoms with Crippen LogP contribution in [0.15, 0.2) is 48.9 Å². The van der Waals surface area contributed by atoms with Crippen LogP contribution >= 0.6 is 0 Å². The Morgan fingerprint density at radius 2 is 2.03 bits per heavy atom. The highest BCUT2D eigenvalue weighted by Gasteiger charge is 2.46. The molecule has 11 heteroatoms. The van der Waals surface area contributed by atoms with Crippen molar-refractivity contribution in [3.05, 3.63) is 60.2 Å². The van der Waals surface area contributed by atoms with Crippen molar-refractivity contribution in [2.75, 3.05) is 14.2 Å². The first-order chi connectivity index (χ1) is 17.3. The van der Waals surface area contributed by atoms with Crippen molar-refractivity contribution in [1.29, 1.82) is 0 Å². The number of urea groups is 1. The van der Waals surface area contributed by atoms with Crippen LogP contribution in [-0.2, 0) is 11.3 Å². The summed E-state index contributed by atoms with van der Waals surface area (Å²) in [7, 11) is 3.02. The summed E-state index contributed by atoms with van der Waals surface area (Å²) in [6, 6.07) is 7.75. The monoisotopic (exact) mass is 484 g/mol. The van der Waals surface area contributed by atoms with E-state index in [1.807, 2.05) is 0 Å². The fourth-order valence-corrected chi connectivity index (χ4v) is 4.02. The minimum Gasteiger partial charge on any atom is -0.497 e. The van der Waals surface area contributed by atoms with E-state index in [1.54, 1.807) is 42.7 Å². The van der Waals surface area contributed by atoms with Crippen LogP contribution in [-0.4, -0.2) is 57.2 Å². The highest BCUT2D eigenvalue weighted by atomic mass is 16.5. The Kier molecular flexibility index (Phi) is 5.41. The summed E-state index contributed by atoms with van der Waals surface area (Å²) in [4.78, 5) is 45.6. The standard InChI is InChI=1S/C25H20N6O5/c1-26-21(32)19-6-4-14-10-27-11-15(20(14)28-19)7-8-25(23(34)29-24(35)30-25)13-31-12-16-3-5-17(36-2)9-18(16)22(31)33/h3-6,9-12,33H,13H2,1-2H3,(H,26,32)(H2,29,30,34,35)/t25-/m1/s1. The number of benzene rings is 1. The number of methoxy groups -OCH3 is 1. The second-order valence-electron chi connectivity index (χ2n) is 8.13. The molecule has 0 aliphatic carbocycles. The van der Waals surface area contributed by atoms with Crippen LogP contribution in [0.2, 0.25) is 0 Å². The quantitative estimate of drug-likeness (QED) is 0.252. The highest BCUT2D eigenvalue weighted by Crippen LogP contribution is 2.32. The largest absolute Gasteiger partial charge is 0.497 e. The first-order valence-electron chi connectivity index (χ1n) is 10.8. The number of rotatable bonds is 4. The second kappa shape index (κ2) is 8.59. The average molecular weight is 484 g/mol. The molecule has 5 rings (SSSR count). The van der Waals surface area contributed by atoms with Crippen LogP contribution in [0.5, 0.6) is 11.6 Å². The summed E-state index contributed by atoms with van der Waals surface area (Å²) in [5.41, 5.74) is -0.715. The van der Waals surface area contributed by atoms with Gasteiger partial charge in [0.2, 0.25) is 5.54 Å². The van der Waals surface area contributed by atoms with Gasteiger partial charge in [-0.2, -0.15) is 0 Å². The topological polar surface area (TPSA) is 147 Å². The van der Waals surface area contributed by atoms with Crippen molar-refractivity contribution < 1.29 is 24.2 Å². The number of imide groups is 1. The second-order valence-corrected chi connectivity index (χ2v) is 8.13. The molecule has 36 heavy (non-hydrogen) atoms. The zero-order chi connectivity index (χ0) is 25.4. The van der Waals surface area contributed by atoms with E-state index < -0.39 is 17.5 Å². The number of aromatic hydroxyl groups is 1. The van der Waals surface area contributed by atoms with Gasteiger partial charge in [0.05, 0.1) is 24.7 Å². The van der Waals surface area contributed by atoms with E-state index in [1.165, 1.54) is 24.9 Å². The van der Waals surface area contributed by atoms with Gasteiger partial charge in [0.25, 0.3) is 11.8 Å². The van der Waals surface area contributed by atoms with Crippen molar-refractivity contribution in [2.24, 2.45) is 0 Å². The van der Waals surface area contributed by atoms with Crippen LogP contribution in [0.3, 0.4) is 0 Å². The smallest absolute Gasteiger partial charge is 0.323 e. The summed E-state index contributed by atoms with van der Waals surface area (Å²) in [5.74, 6) is 5.18. The Labute approximate surface area is 204 Å². The number of pyridine rings is 2. The fourth-order valence-electron chi connectivity index (χ4n) is 4.02. The molecule has 1 aromatic carbocycles. The first kappa shape index (κ1) is 22.7. The summed E-state index contributed by atoms with van der Waals surface area (Å²) < 4.78 is 6.66. The minimum atomic E-state index is -1.69. The molecule has 1 fully saturated rings. The van der Waals surface area contributed by atoms with E-state index in [0.717, 1.165) is 0 Å². The molecule has 0 spiro atoms. The Morgan fingerprint density at radius 3 is 2.75 bits per heavy atom. The van der Waals surface area contributed by atoms with E-state index in [4.69, 9.17) is 4.74 Å². The van der Waals surface area contributed by atoms with Crippen LogP contribution in [0.4, 0.5) is 4.79 Å². The molecule has 4 N–H and O–H groups in total. The zero-order valence-electron chi connectivity index (χ0n) is 19.2. The number of aromatic nitrogens is 3. The van der Waals surface area contributed by atoms with Gasteiger partial charge in [-0.3, -0.25) is 19.9 Å². The number of carbonyl (C=O) groups excluding carboxylic acids is 3. The number of amides is 4. The van der Waals surface area contributed by atoms with Crippen molar-refractivity contribution >= 4 is 39.5 Å². The molecule has 1 aliphatic rings. The predicted molar refractivity (Wildman–Crippen MR) is 129 cm³/mol. The van der Waals surface area contributed by atoms with E-state index in [-0.39, 0.29) is 24.0 Å². The molecule has 1 atom stereocenters. The molecular weight excluding hydrogens is 464 g/mol. The zero-order valence-corrected chi connectivity index (χ0v) is 19.2.